The molecule has 31 heavy (non-hydrogen) atoms. The van der Waals surface area contributed by atoms with Gasteiger partial charge in [0.1, 0.15) is 0 Å². The first kappa shape index (κ1) is 24.5. The van der Waals surface area contributed by atoms with E-state index >= 15 is 0 Å². The van der Waals surface area contributed by atoms with Gasteiger partial charge < -0.3 is 0 Å². The summed E-state index contributed by atoms with van der Waals surface area (Å²) in [6, 6.07) is 7.12. The molecule has 0 fully saturated rings. The number of ketones is 2. The Hall–Kier alpha value is -2.74. The van der Waals surface area contributed by atoms with Crippen LogP contribution in [0.4, 0.5) is 0 Å². The molecule has 1 aliphatic carbocycles. The standard InChI is InChI=1S/C29H36O2/c1-20(2)14-15-23(5)17-16-21(3)10-9-11-22(4)18-19-25-24(6)28(30)26-12-7-8-13-27(26)29(25)31/h7-8,10,12-14,17-18H,9,11,15-16,19H2,1-6H3. The zero-order valence-electron chi connectivity index (χ0n) is 20.0. The van der Waals surface area contributed by atoms with Crippen LogP contribution in [0.15, 0.2) is 82.0 Å². The molecule has 1 aromatic carbocycles. The van der Waals surface area contributed by atoms with E-state index in [0.29, 0.717) is 28.7 Å². The summed E-state index contributed by atoms with van der Waals surface area (Å²) < 4.78 is 0. The molecule has 0 atom stereocenters. The second-order valence-corrected chi connectivity index (χ2v) is 8.89. The summed E-state index contributed by atoms with van der Waals surface area (Å²) in [6.45, 7) is 12.5. The van der Waals surface area contributed by atoms with E-state index < -0.39 is 0 Å². The van der Waals surface area contributed by atoms with E-state index in [1.807, 2.05) is 12.1 Å². The second kappa shape index (κ2) is 11.6. The summed E-state index contributed by atoms with van der Waals surface area (Å²) in [7, 11) is 0. The maximum atomic E-state index is 12.8. The third kappa shape index (κ3) is 7.17. The van der Waals surface area contributed by atoms with Gasteiger partial charge in [-0.2, -0.15) is 0 Å². The van der Waals surface area contributed by atoms with Crippen molar-refractivity contribution in [2.45, 2.75) is 73.6 Å². The number of allylic oxidation sites excluding steroid dienone is 10. The van der Waals surface area contributed by atoms with E-state index in [1.54, 1.807) is 19.1 Å². The quantitative estimate of drug-likeness (QED) is 0.381. The van der Waals surface area contributed by atoms with Crippen molar-refractivity contribution in [1.29, 1.82) is 0 Å². The lowest BCUT2D eigenvalue weighted by Crippen LogP contribution is -2.20. The maximum absolute atomic E-state index is 12.8. The Kier molecular flexibility index (Phi) is 9.18. The molecule has 0 heterocycles. The highest BCUT2D eigenvalue weighted by molar-refractivity contribution is 6.26. The Balaban J connectivity index is 1.92. The fourth-order valence-electron chi connectivity index (χ4n) is 3.59. The van der Waals surface area contributed by atoms with E-state index in [1.165, 1.54) is 22.3 Å². The molecule has 1 aliphatic rings. The summed E-state index contributed by atoms with van der Waals surface area (Å²) >= 11 is 0. The van der Waals surface area contributed by atoms with Crippen molar-refractivity contribution in [1.82, 2.24) is 0 Å². The molecule has 164 valence electrons. The zero-order chi connectivity index (χ0) is 23.0. The van der Waals surface area contributed by atoms with Crippen molar-refractivity contribution in [3.63, 3.8) is 0 Å². The maximum Gasteiger partial charge on any atom is 0.190 e. The molecule has 0 aromatic heterocycles. The lowest BCUT2D eigenvalue weighted by molar-refractivity contribution is 0.0973. The van der Waals surface area contributed by atoms with Crippen molar-refractivity contribution >= 4 is 11.6 Å². The molecule has 2 rings (SSSR count). The fourth-order valence-corrected chi connectivity index (χ4v) is 3.59. The molecule has 0 saturated heterocycles. The molecule has 2 heteroatoms. The summed E-state index contributed by atoms with van der Waals surface area (Å²) in [6.07, 6.45) is 13.5. The molecule has 2 nitrogen and oxygen atoms in total. The highest BCUT2D eigenvalue weighted by Crippen LogP contribution is 2.28. The van der Waals surface area contributed by atoms with Gasteiger partial charge in [-0.05, 0) is 73.6 Å². The van der Waals surface area contributed by atoms with Gasteiger partial charge >= 0.3 is 0 Å². The molecule has 0 bridgehead atoms. The van der Waals surface area contributed by atoms with E-state index in [0.717, 1.165) is 25.7 Å². The van der Waals surface area contributed by atoms with Crippen LogP contribution in [-0.4, -0.2) is 11.6 Å². The molecule has 0 amide bonds. The summed E-state index contributed by atoms with van der Waals surface area (Å²) in [4.78, 5) is 25.4. The first-order valence-electron chi connectivity index (χ1n) is 11.2. The highest BCUT2D eigenvalue weighted by atomic mass is 16.1. The number of hydrogen-bond donors (Lipinski definition) is 0. The van der Waals surface area contributed by atoms with Gasteiger partial charge in [-0.1, -0.05) is 70.9 Å². The molecule has 0 spiro atoms. The normalized spacial score (nSPS) is 15.4. The second-order valence-electron chi connectivity index (χ2n) is 8.89. The average Bonchev–Trinajstić information content (AvgIpc) is 2.74. The number of Topliss-reactive ketones (excluding diaryl/α,β-unsaturated/α-hetero) is 2. The monoisotopic (exact) mass is 416 g/mol. The van der Waals surface area contributed by atoms with Crippen LogP contribution in [0.1, 0.15) is 94.4 Å². The summed E-state index contributed by atoms with van der Waals surface area (Å²) in [5.41, 5.74) is 7.67. The van der Waals surface area contributed by atoms with E-state index in [4.69, 9.17) is 0 Å². The predicted octanol–water partition coefficient (Wildman–Crippen LogP) is 8.14. The predicted molar refractivity (Wildman–Crippen MR) is 132 cm³/mol. The van der Waals surface area contributed by atoms with Gasteiger partial charge in [-0.25, -0.2) is 0 Å². The van der Waals surface area contributed by atoms with Crippen LogP contribution < -0.4 is 0 Å². The van der Waals surface area contributed by atoms with Crippen molar-refractivity contribution in [3.05, 3.63) is 93.1 Å². The Bertz CT molecular complexity index is 989. The fraction of sp³-hybridized carbons (Fsp3) is 0.379. The van der Waals surface area contributed by atoms with Crippen molar-refractivity contribution < 1.29 is 9.59 Å². The first-order chi connectivity index (χ1) is 14.7. The smallest absolute Gasteiger partial charge is 0.190 e. The average molecular weight is 417 g/mol. The molecule has 0 saturated carbocycles. The largest absolute Gasteiger partial charge is 0.289 e. The third-order valence-electron chi connectivity index (χ3n) is 5.77. The number of carbonyl (C=O) groups is 2. The summed E-state index contributed by atoms with van der Waals surface area (Å²) in [5.74, 6) is -0.0366. The van der Waals surface area contributed by atoms with Crippen LogP contribution in [0.3, 0.4) is 0 Å². The number of carbonyl (C=O) groups excluding carboxylic acids is 2. The molecule has 0 unspecified atom stereocenters. The van der Waals surface area contributed by atoms with Gasteiger partial charge in [0.05, 0.1) is 0 Å². The Morgan fingerprint density at radius 1 is 0.742 bits per heavy atom. The van der Waals surface area contributed by atoms with Crippen molar-refractivity contribution in [2.75, 3.05) is 0 Å². The minimum absolute atomic E-state index is 0.0113. The first-order valence-corrected chi connectivity index (χ1v) is 11.2. The molecule has 0 N–H and O–H groups in total. The minimum atomic E-state index is -0.0252. The van der Waals surface area contributed by atoms with Gasteiger partial charge in [-0.3, -0.25) is 9.59 Å². The van der Waals surface area contributed by atoms with Gasteiger partial charge in [0.2, 0.25) is 0 Å². The Labute approximate surface area is 188 Å². The van der Waals surface area contributed by atoms with Gasteiger partial charge in [0, 0.05) is 22.3 Å². The third-order valence-corrected chi connectivity index (χ3v) is 5.77. The van der Waals surface area contributed by atoms with Crippen LogP contribution in [0, 0.1) is 0 Å². The van der Waals surface area contributed by atoms with E-state index in [2.05, 4.69) is 58.9 Å². The van der Waals surface area contributed by atoms with Crippen molar-refractivity contribution in [3.8, 4) is 0 Å². The summed E-state index contributed by atoms with van der Waals surface area (Å²) in [5, 5.41) is 0. The Morgan fingerprint density at radius 2 is 1.32 bits per heavy atom. The van der Waals surface area contributed by atoms with Crippen LogP contribution >= 0.6 is 0 Å². The lowest BCUT2D eigenvalue weighted by atomic mass is 9.83. The SMILES string of the molecule is CC(C)=CCC(C)=CCC(C)=CCCC(C)=CCC1=C(C)C(=O)c2ccccc2C1=O. The molecular formula is C29H36O2. The van der Waals surface area contributed by atoms with Crippen LogP contribution in [0.25, 0.3) is 0 Å². The highest BCUT2D eigenvalue weighted by Gasteiger charge is 2.28. The van der Waals surface area contributed by atoms with Gasteiger partial charge in [0.15, 0.2) is 11.6 Å². The van der Waals surface area contributed by atoms with Gasteiger partial charge in [0.25, 0.3) is 0 Å². The molecule has 0 radical (unpaired) electrons. The molecule has 1 aromatic rings. The topological polar surface area (TPSA) is 34.1 Å². The number of benzene rings is 1. The van der Waals surface area contributed by atoms with Crippen LogP contribution in [-0.2, 0) is 0 Å². The van der Waals surface area contributed by atoms with Crippen LogP contribution in [0.5, 0.6) is 0 Å². The van der Waals surface area contributed by atoms with E-state index in [-0.39, 0.29) is 11.6 Å². The van der Waals surface area contributed by atoms with Crippen LogP contribution in [0.2, 0.25) is 0 Å². The number of fused-ring (bicyclic) bond motifs is 1. The number of hydrogen-bond acceptors (Lipinski definition) is 2. The Morgan fingerprint density at radius 3 is 1.97 bits per heavy atom. The molecule has 0 aliphatic heterocycles. The molecular weight excluding hydrogens is 380 g/mol. The zero-order valence-corrected chi connectivity index (χ0v) is 20.0. The van der Waals surface area contributed by atoms with Gasteiger partial charge in [-0.15, -0.1) is 0 Å². The van der Waals surface area contributed by atoms with Crippen molar-refractivity contribution in [2.24, 2.45) is 0 Å². The van der Waals surface area contributed by atoms with E-state index in [9.17, 15) is 9.59 Å². The lowest BCUT2D eigenvalue weighted by Gasteiger charge is -2.18. The number of rotatable bonds is 9. The minimum Gasteiger partial charge on any atom is -0.289 e.